The van der Waals surface area contributed by atoms with E-state index in [2.05, 4.69) is 96.0 Å². The first-order chi connectivity index (χ1) is 21.4. The average Bonchev–Trinajstić information content (AvgIpc) is 3.00. The molecule has 2 aliphatic rings. The number of fused-ring (bicyclic) bond motifs is 4. The molecule has 2 aliphatic heterocycles. The van der Waals surface area contributed by atoms with Gasteiger partial charge in [-0.25, -0.2) is 9.59 Å². The third kappa shape index (κ3) is 5.96. The van der Waals surface area contributed by atoms with Crippen molar-refractivity contribution in [1.82, 2.24) is 0 Å². The molecule has 0 amide bonds. The smallest absolute Gasteiger partial charge is 0.330 e. The molecule has 5 rings (SSSR count). The number of aryl methyl sites for hydroxylation is 2. The minimum atomic E-state index is -0.427. The number of hydrogen-bond acceptors (Lipinski definition) is 7. The van der Waals surface area contributed by atoms with Crippen LogP contribution in [0.1, 0.15) is 73.9 Å². The number of nitrogens with zero attached hydrogens (tertiary/aromatic N) is 1. The molecule has 7 heteroatoms. The molecule has 0 aromatic heterocycles. The van der Waals surface area contributed by atoms with Crippen molar-refractivity contribution in [2.75, 3.05) is 31.3 Å². The van der Waals surface area contributed by atoms with Gasteiger partial charge in [-0.15, -0.1) is 0 Å². The lowest BCUT2D eigenvalue weighted by molar-refractivity contribution is -0.138. The van der Waals surface area contributed by atoms with Gasteiger partial charge >= 0.3 is 11.9 Å². The highest BCUT2D eigenvalue weighted by atomic mass is 16.5. The highest BCUT2D eigenvalue weighted by molar-refractivity contribution is 5.94. The van der Waals surface area contributed by atoms with Crippen molar-refractivity contribution in [1.29, 1.82) is 0 Å². The topological polar surface area (TPSA) is 74.3 Å². The van der Waals surface area contributed by atoms with Gasteiger partial charge in [0.25, 0.3) is 0 Å². The Morgan fingerprint density at radius 3 is 1.78 bits per heavy atom. The number of hydrogen-bond donors (Lipinski definition) is 0. The third-order valence-corrected chi connectivity index (χ3v) is 8.81. The first-order valence-corrected chi connectivity index (χ1v) is 15.5. The van der Waals surface area contributed by atoms with Gasteiger partial charge in [-0.05, 0) is 72.0 Å². The second-order valence-corrected chi connectivity index (χ2v) is 12.8. The van der Waals surface area contributed by atoms with Crippen LogP contribution in [0.5, 0.6) is 11.5 Å². The van der Waals surface area contributed by atoms with Crippen LogP contribution in [0, 0.1) is 13.8 Å². The number of ether oxygens (including phenoxy) is 4. The van der Waals surface area contributed by atoms with Gasteiger partial charge in [-0.2, -0.15) is 0 Å². The number of rotatable bonds is 12. The second kappa shape index (κ2) is 12.5. The van der Waals surface area contributed by atoms with E-state index in [1.165, 1.54) is 51.3 Å². The largest absolute Gasteiger partial charge is 0.493 e. The van der Waals surface area contributed by atoms with Crippen LogP contribution in [0.25, 0.3) is 0 Å². The van der Waals surface area contributed by atoms with Crippen molar-refractivity contribution in [3.8, 4) is 11.5 Å². The summed E-state index contributed by atoms with van der Waals surface area (Å²) in [6.45, 7) is 21.8. The molecule has 0 saturated heterocycles. The van der Waals surface area contributed by atoms with Crippen LogP contribution in [0.4, 0.5) is 17.1 Å². The summed E-state index contributed by atoms with van der Waals surface area (Å²) < 4.78 is 22.5. The highest BCUT2D eigenvalue weighted by Crippen LogP contribution is 2.61. The zero-order valence-corrected chi connectivity index (χ0v) is 27.2. The molecular formula is C38H43NO6. The van der Waals surface area contributed by atoms with E-state index in [4.69, 9.17) is 18.9 Å². The summed E-state index contributed by atoms with van der Waals surface area (Å²) >= 11 is 0. The minimum Gasteiger partial charge on any atom is -0.493 e. The molecule has 0 N–H and O–H groups in total. The van der Waals surface area contributed by atoms with Gasteiger partial charge in [-0.3, -0.25) is 0 Å². The van der Waals surface area contributed by atoms with E-state index in [0.717, 1.165) is 22.7 Å². The van der Waals surface area contributed by atoms with Crippen LogP contribution in [0.2, 0.25) is 0 Å². The van der Waals surface area contributed by atoms with Crippen LogP contribution in [-0.2, 0) is 29.9 Å². The van der Waals surface area contributed by atoms with Gasteiger partial charge in [0.05, 0.1) is 43.5 Å². The molecule has 0 saturated carbocycles. The summed E-state index contributed by atoms with van der Waals surface area (Å²) in [6, 6.07) is 15.2. The summed E-state index contributed by atoms with van der Waals surface area (Å²) in [5, 5.41) is 0. The minimum absolute atomic E-state index is 0.277. The van der Waals surface area contributed by atoms with Crippen LogP contribution < -0.4 is 14.4 Å². The maximum Gasteiger partial charge on any atom is 0.330 e. The van der Waals surface area contributed by atoms with Crippen molar-refractivity contribution in [2.24, 2.45) is 0 Å². The van der Waals surface area contributed by atoms with Crippen molar-refractivity contribution in [2.45, 2.75) is 65.2 Å². The van der Waals surface area contributed by atoms with Crippen LogP contribution >= 0.6 is 0 Å². The normalized spacial score (nSPS) is 14.8. The fraction of sp³-hybridized carbons (Fsp3) is 0.368. The van der Waals surface area contributed by atoms with E-state index in [-0.39, 0.29) is 24.0 Å². The van der Waals surface area contributed by atoms with Crippen LogP contribution in [0.15, 0.2) is 67.8 Å². The lowest BCUT2D eigenvalue weighted by atomic mass is 9.65. The van der Waals surface area contributed by atoms with E-state index < -0.39 is 11.9 Å². The van der Waals surface area contributed by atoms with E-state index in [0.29, 0.717) is 26.1 Å². The monoisotopic (exact) mass is 609 g/mol. The zero-order chi connectivity index (χ0) is 32.5. The van der Waals surface area contributed by atoms with Crippen LogP contribution in [0.3, 0.4) is 0 Å². The molecule has 0 atom stereocenters. The molecule has 0 fully saturated rings. The summed E-state index contributed by atoms with van der Waals surface area (Å²) in [5.74, 6) is 0.727. The molecule has 0 bridgehead atoms. The third-order valence-electron chi connectivity index (χ3n) is 8.81. The lowest BCUT2D eigenvalue weighted by Gasteiger charge is -2.50. The Balaban J connectivity index is 1.51. The highest BCUT2D eigenvalue weighted by Gasteiger charge is 2.46. The van der Waals surface area contributed by atoms with E-state index >= 15 is 0 Å². The number of carbonyl (C=O) groups is 2. The maximum atomic E-state index is 11.4. The van der Waals surface area contributed by atoms with E-state index in [9.17, 15) is 9.59 Å². The number of carbonyl (C=O) groups excluding carboxylic acids is 2. The second-order valence-electron chi connectivity index (χ2n) is 12.8. The Morgan fingerprint density at radius 1 is 0.689 bits per heavy atom. The molecule has 2 heterocycles. The Bertz CT molecular complexity index is 1650. The summed E-state index contributed by atoms with van der Waals surface area (Å²) in [6.07, 6.45) is 3.51. The molecule has 0 aliphatic carbocycles. The predicted molar refractivity (Wildman–Crippen MR) is 177 cm³/mol. The average molecular weight is 610 g/mol. The first-order valence-electron chi connectivity index (χ1n) is 15.5. The fourth-order valence-electron chi connectivity index (χ4n) is 6.48. The summed E-state index contributed by atoms with van der Waals surface area (Å²) in [7, 11) is 0. The van der Waals surface area contributed by atoms with Gasteiger partial charge in [-0.1, -0.05) is 58.5 Å². The van der Waals surface area contributed by atoms with E-state index in [1.807, 2.05) is 6.07 Å². The molecule has 3 aromatic carbocycles. The molecule has 45 heavy (non-hydrogen) atoms. The van der Waals surface area contributed by atoms with Gasteiger partial charge < -0.3 is 23.8 Å². The van der Waals surface area contributed by atoms with Crippen molar-refractivity contribution in [3.63, 3.8) is 0 Å². The SMILES string of the molecule is C=CC(=O)OCCCOc1ccc2c(c1)C(C)(C)c1cc(C)cc3c1N2c1c(C)cc(OCCCOC(=O)C=C)cc1C3(C)C. The first kappa shape index (κ1) is 31.9. The molecule has 7 nitrogen and oxygen atoms in total. The van der Waals surface area contributed by atoms with Gasteiger partial charge in [0, 0.05) is 35.8 Å². The van der Waals surface area contributed by atoms with Gasteiger partial charge in [0.15, 0.2) is 0 Å². The number of anilines is 3. The number of benzene rings is 3. The lowest BCUT2D eigenvalue weighted by Crippen LogP contribution is -2.38. The molecular weight excluding hydrogens is 566 g/mol. The van der Waals surface area contributed by atoms with Crippen molar-refractivity contribution in [3.05, 3.63) is 101 Å². The Kier molecular flexibility index (Phi) is 8.83. The number of esters is 2. The Hall–Kier alpha value is -4.52. The quantitative estimate of drug-likeness (QED) is 0.117. The molecule has 0 unspecified atom stereocenters. The molecule has 3 aromatic rings. The zero-order valence-electron chi connectivity index (χ0n) is 27.2. The Labute approximate surface area is 266 Å². The van der Waals surface area contributed by atoms with Crippen molar-refractivity contribution < 1.29 is 28.5 Å². The molecule has 0 radical (unpaired) electrons. The Morgan fingerprint density at radius 2 is 1.20 bits per heavy atom. The predicted octanol–water partition coefficient (Wildman–Crippen LogP) is 8.05. The summed E-state index contributed by atoms with van der Waals surface area (Å²) in [4.78, 5) is 25.1. The van der Waals surface area contributed by atoms with E-state index in [1.54, 1.807) is 0 Å². The van der Waals surface area contributed by atoms with Crippen LogP contribution in [-0.4, -0.2) is 38.4 Å². The maximum absolute atomic E-state index is 11.4. The van der Waals surface area contributed by atoms with Gasteiger partial charge in [0.1, 0.15) is 11.5 Å². The fourth-order valence-corrected chi connectivity index (χ4v) is 6.48. The summed E-state index contributed by atoms with van der Waals surface area (Å²) in [5.41, 5.74) is 10.3. The molecule has 236 valence electrons. The standard InChI is InChI=1S/C38H43NO6/c1-9-33(40)44-17-11-15-42-26-13-14-32-28(22-26)37(5,6)29-19-24(3)20-30-36(29)39(32)35-25(4)21-27(23-31(35)38(30,7)8)43-16-12-18-45-34(41)10-2/h9-10,13-14,19-23H,1-2,11-12,15-18H2,3-8H3. The molecule has 0 spiro atoms. The van der Waals surface area contributed by atoms with Crippen molar-refractivity contribution >= 4 is 29.0 Å². The van der Waals surface area contributed by atoms with Gasteiger partial charge in [0.2, 0.25) is 0 Å².